The van der Waals surface area contributed by atoms with E-state index in [2.05, 4.69) is 31.3 Å². The Morgan fingerprint density at radius 2 is 1.15 bits per heavy atom. The molecule has 0 aliphatic rings. The van der Waals surface area contributed by atoms with Crippen molar-refractivity contribution in [3.8, 4) is 0 Å². The summed E-state index contributed by atoms with van der Waals surface area (Å²) in [5.41, 5.74) is 0. The van der Waals surface area contributed by atoms with Crippen LogP contribution in [-0.4, -0.2) is 68.5 Å². The van der Waals surface area contributed by atoms with Crippen molar-refractivity contribution in [1.82, 2.24) is 5.32 Å². The molecule has 48 heavy (non-hydrogen) atoms. The molecule has 8 nitrogen and oxygen atoms in total. The highest BCUT2D eigenvalue weighted by Gasteiger charge is 2.24. The van der Waals surface area contributed by atoms with Crippen LogP contribution in [0.4, 0.5) is 0 Å². The third kappa shape index (κ3) is 33.7. The quantitative estimate of drug-likeness (QED) is 0.0291. The first-order chi connectivity index (χ1) is 23.0. The zero-order valence-corrected chi connectivity index (χ0v) is 33.1. The fraction of sp³-hybridized carbons (Fsp3) is 0.923. The largest absolute Gasteiger partial charge is 0.756 e. The molecule has 3 unspecified atom stereocenters. The topological polar surface area (TPSA) is 108 Å². The lowest BCUT2D eigenvalue weighted by atomic mass is 10.0. The van der Waals surface area contributed by atoms with E-state index in [-0.39, 0.29) is 19.1 Å². The molecule has 0 aromatic rings. The smallest absolute Gasteiger partial charge is 0.268 e. The lowest BCUT2D eigenvalue weighted by Gasteiger charge is -2.30. The maximum Gasteiger partial charge on any atom is 0.268 e. The molecule has 0 rings (SSSR count). The maximum atomic E-state index is 12.8. The van der Waals surface area contributed by atoms with Gasteiger partial charge in [-0.25, -0.2) is 0 Å². The van der Waals surface area contributed by atoms with Gasteiger partial charge in [0.1, 0.15) is 13.2 Å². The standard InChI is InChI=1S/C39H79N2O6P/c1-6-8-10-12-14-16-17-18-19-20-21-22-23-24-25-27-29-31-33-39(43)40-37(36-47-48(44,45)46-35-34-41(3,4)5)38(42)32-30-28-26-15-13-11-9-7-2/h19-20,37-38,42H,6-18,21-36H2,1-5H3,(H-,40,43,44,45)/b20-19-. The number of allylic oxidation sites excluding steroid dienone is 2. The van der Waals surface area contributed by atoms with E-state index >= 15 is 0 Å². The summed E-state index contributed by atoms with van der Waals surface area (Å²) in [6.07, 6.45) is 33.6. The first kappa shape index (κ1) is 47.2. The summed E-state index contributed by atoms with van der Waals surface area (Å²) in [6.45, 7) is 4.67. The van der Waals surface area contributed by atoms with Crippen molar-refractivity contribution >= 4 is 13.7 Å². The van der Waals surface area contributed by atoms with E-state index in [0.717, 1.165) is 38.5 Å². The number of likely N-dealkylation sites (N-methyl/N-ethyl adjacent to an activating group) is 1. The van der Waals surface area contributed by atoms with Crippen LogP contribution in [0.5, 0.6) is 0 Å². The third-order valence-electron chi connectivity index (χ3n) is 9.00. The molecular weight excluding hydrogens is 623 g/mol. The second-order valence-electron chi connectivity index (χ2n) is 15.0. The van der Waals surface area contributed by atoms with E-state index in [9.17, 15) is 19.4 Å². The molecule has 3 atom stereocenters. The maximum absolute atomic E-state index is 12.8. The van der Waals surface area contributed by atoms with Gasteiger partial charge < -0.3 is 28.8 Å². The Hall–Kier alpha value is -0.760. The first-order valence-corrected chi connectivity index (χ1v) is 21.5. The van der Waals surface area contributed by atoms with Crippen molar-refractivity contribution in [2.24, 2.45) is 0 Å². The lowest BCUT2D eigenvalue weighted by molar-refractivity contribution is -0.870. The van der Waals surface area contributed by atoms with Crippen molar-refractivity contribution in [3.05, 3.63) is 12.2 Å². The van der Waals surface area contributed by atoms with Crippen LogP contribution in [0.15, 0.2) is 12.2 Å². The minimum absolute atomic E-state index is 0.0124. The summed E-state index contributed by atoms with van der Waals surface area (Å²) in [5.74, 6) is -0.173. The number of aliphatic hydroxyl groups excluding tert-OH is 1. The monoisotopic (exact) mass is 703 g/mol. The molecule has 1 amide bonds. The number of nitrogens with zero attached hydrogens (tertiary/aromatic N) is 1. The molecule has 0 heterocycles. The molecule has 0 fully saturated rings. The average Bonchev–Trinajstić information content (AvgIpc) is 3.02. The molecule has 0 aliphatic carbocycles. The van der Waals surface area contributed by atoms with Crippen molar-refractivity contribution < 1.29 is 32.9 Å². The summed E-state index contributed by atoms with van der Waals surface area (Å²) in [5, 5.41) is 13.8. The van der Waals surface area contributed by atoms with E-state index < -0.39 is 20.0 Å². The molecular formula is C39H79N2O6P. The summed E-state index contributed by atoms with van der Waals surface area (Å²) >= 11 is 0. The van der Waals surface area contributed by atoms with Crippen LogP contribution in [0.1, 0.15) is 181 Å². The Morgan fingerprint density at radius 1 is 0.708 bits per heavy atom. The lowest BCUT2D eigenvalue weighted by Crippen LogP contribution is -2.46. The molecule has 0 aromatic heterocycles. The van der Waals surface area contributed by atoms with E-state index in [1.54, 1.807) is 0 Å². The fourth-order valence-corrected chi connectivity index (χ4v) is 6.46. The second-order valence-corrected chi connectivity index (χ2v) is 16.4. The van der Waals surface area contributed by atoms with Crippen molar-refractivity contribution in [2.75, 3.05) is 40.9 Å². The van der Waals surface area contributed by atoms with Crippen LogP contribution >= 0.6 is 7.82 Å². The van der Waals surface area contributed by atoms with Crippen molar-refractivity contribution in [1.29, 1.82) is 0 Å². The van der Waals surface area contributed by atoms with Gasteiger partial charge in [-0.15, -0.1) is 0 Å². The molecule has 0 radical (unpaired) electrons. The van der Waals surface area contributed by atoms with Crippen molar-refractivity contribution in [2.45, 2.75) is 193 Å². The Kier molecular flexibility index (Phi) is 31.7. The van der Waals surface area contributed by atoms with Gasteiger partial charge in [-0.1, -0.05) is 148 Å². The minimum atomic E-state index is -4.55. The predicted molar refractivity (Wildman–Crippen MR) is 201 cm³/mol. The first-order valence-electron chi connectivity index (χ1n) is 20.0. The average molecular weight is 703 g/mol. The number of hydrogen-bond donors (Lipinski definition) is 2. The van der Waals surface area contributed by atoms with Gasteiger partial charge in [0.2, 0.25) is 5.91 Å². The summed E-state index contributed by atoms with van der Waals surface area (Å²) < 4.78 is 23.1. The summed E-state index contributed by atoms with van der Waals surface area (Å²) in [7, 11) is 1.30. The summed E-state index contributed by atoms with van der Waals surface area (Å²) in [6, 6.07) is -0.795. The molecule has 0 spiro atoms. The number of carbonyl (C=O) groups is 1. The molecule has 0 saturated heterocycles. The van der Waals surface area contributed by atoms with E-state index in [0.29, 0.717) is 23.9 Å². The Morgan fingerprint density at radius 3 is 1.62 bits per heavy atom. The van der Waals surface area contributed by atoms with E-state index in [1.807, 2.05) is 21.1 Å². The number of nitrogens with one attached hydrogen (secondary N) is 1. The number of quaternary nitrogens is 1. The van der Waals surface area contributed by atoms with Crippen molar-refractivity contribution in [3.63, 3.8) is 0 Å². The number of hydrogen-bond acceptors (Lipinski definition) is 6. The molecule has 0 aromatic carbocycles. The van der Waals surface area contributed by atoms with Crippen LogP contribution in [0.25, 0.3) is 0 Å². The van der Waals surface area contributed by atoms with Crippen LogP contribution in [0.3, 0.4) is 0 Å². The van der Waals surface area contributed by atoms with Gasteiger partial charge in [-0.3, -0.25) is 9.36 Å². The number of unbranched alkanes of at least 4 members (excludes halogenated alkanes) is 21. The normalized spacial score (nSPS) is 14.7. The number of amides is 1. The number of phosphoric acid groups is 1. The number of phosphoric ester groups is 1. The molecule has 9 heteroatoms. The van der Waals surface area contributed by atoms with E-state index in [1.165, 1.54) is 116 Å². The van der Waals surface area contributed by atoms with Gasteiger partial charge >= 0.3 is 0 Å². The Labute approximate surface area is 297 Å². The zero-order chi connectivity index (χ0) is 35.8. The molecule has 2 N–H and O–H groups in total. The molecule has 0 bridgehead atoms. The number of carbonyl (C=O) groups excluding carboxylic acids is 1. The Bertz CT molecular complexity index is 804. The van der Waals surface area contributed by atoms with Gasteiger partial charge in [0.15, 0.2) is 0 Å². The highest BCUT2D eigenvalue weighted by molar-refractivity contribution is 7.45. The fourth-order valence-electron chi connectivity index (χ4n) is 5.74. The summed E-state index contributed by atoms with van der Waals surface area (Å²) in [4.78, 5) is 25.1. The number of rotatable bonds is 36. The highest BCUT2D eigenvalue weighted by atomic mass is 31.2. The Balaban J connectivity index is 4.30. The molecule has 0 aliphatic heterocycles. The predicted octanol–water partition coefficient (Wildman–Crippen LogP) is 9.78. The van der Waals surface area contributed by atoms with Crippen LogP contribution < -0.4 is 10.2 Å². The van der Waals surface area contributed by atoms with Gasteiger partial charge in [-0.05, 0) is 38.5 Å². The van der Waals surface area contributed by atoms with Gasteiger partial charge in [0.25, 0.3) is 7.82 Å². The minimum Gasteiger partial charge on any atom is -0.756 e. The van der Waals surface area contributed by atoms with Gasteiger partial charge in [0.05, 0.1) is 39.9 Å². The SMILES string of the molecule is CCCCCCCCC/C=C\CCCCCCCCCC(=O)NC(COP(=O)([O-])OCC[N+](C)(C)C)C(O)CCCCCCCCCC. The van der Waals surface area contributed by atoms with Crippen LogP contribution in [-0.2, 0) is 18.4 Å². The van der Waals surface area contributed by atoms with Crippen LogP contribution in [0, 0.1) is 0 Å². The highest BCUT2D eigenvalue weighted by Crippen LogP contribution is 2.38. The molecule has 0 saturated carbocycles. The third-order valence-corrected chi connectivity index (χ3v) is 9.97. The second kappa shape index (κ2) is 32.2. The van der Waals surface area contributed by atoms with E-state index in [4.69, 9.17) is 9.05 Å². The van der Waals surface area contributed by atoms with Gasteiger partial charge in [0, 0.05) is 6.42 Å². The van der Waals surface area contributed by atoms with Crippen LogP contribution in [0.2, 0.25) is 0 Å². The van der Waals surface area contributed by atoms with Gasteiger partial charge in [-0.2, -0.15) is 0 Å². The zero-order valence-electron chi connectivity index (χ0n) is 32.2. The molecule has 286 valence electrons. The number of aliphatic hydroxyl groups is 1.